The molecule has 0 radical (unpaired) electrons. The fraction of sp³-hybridized carbons (Fsp3) is 0.100. The van der Waals surface area contributed by atoms with Crippen LogP contribution in [-0.2, 0) is 11.0 Å². The van der Waals surface area contributed by atoms with Gasteiger partial charge in [0.05, 0.1) is 34.8 Å². The average molecular weight is 382 g/mol. The lowest BCUT2D eigenvalue weighted by Crippen LogP contribution is -2.15. The first-order valence-corrected chi connectivity index (χ1v) is 8.37. The van der Waals surface area contributed by atoms with E-state index in [0.29, 0.717) is 17.0 Å². The van der Waals surface area contributed by atoms with Crippen molar-refractivity contribution in [2.75, 3.05) is 5.32 Å². The van der Waals surface area contributed by atoms with Crippen molar-refractivity contribution in [1.82, 2.24) is 10.2 Å². The molecule has 0 spiro atoms. The topological polar surface area (TPSA) is 67.2 Å². The van der Waals surface area contributed by atoms with Gasteiger partial charge in [0.1, 0.15) is 0 Å². The highest BCUT2D eigenvalue weighted by Gasteiger charge is 2.31. The maximum atomic E-state index is 12.9. The summed E-state index contributed by atoms with van der Waals surface area (Å²) in [5.74, 6) is -0.429. The lowest BCUT2D eigenvalue weighted by molar-refractivity contribution is -0.137. The number of carbonyl (C=O) groups is 1. The Morgan fingerprint density at radius 2 is 1.79 bits per heavy atom. The Labute approximate surface area is 158 Å². The monoisotopic (exact) mass is 382 g/mol. The smallest absolute Gasteiger partial charge is 0.324 e. The van der Waals surface area contributed by atoms with Crippen molar-refractivity contribution >= 4 is 23.0 Å². The van der Waals surface area contributed by atoms with Crippen LogP contribution in [0.25, 0.3) is 11.3 Å². The van der Waals surface area contributed by atoms with Crippen LogP contribution in [0.15, 0.2) is 65.8 Å². The molecular formula is C20H13F3N4O. The number of nitrogens with one attached hydrogen (secondary N) is 1. The van der Waals surface area contributed by atoms with Crippen LogP contribution >= 0.6 is 0 Å². The van der Waals surface area contributed by atoms with Crippen LogP contribution in [0.3, 0.4) is 0 Å². The standard InChI is InChI=1S/C20H13F3N4O/c21-20(22,23)14-6-7-16-18(10-14)26-19(28)11-17(25-16)13-4-1-3-12(9-13)15-5-2-8-24-27-15/h1-10H,11H2,(H,26,28). The molecule has 8 heteroatoms. The molecule has 0 unspecified atom stereocenters. The van der Waals surface area contributed by atoms with Gasteiger partial charge in [0.2, 0.25) is 5.91 Å². The Balaban J connectivity index is 1.76. The highest BCUT2D eigenvalue weighted by atomic mass is 19.4. The largest absolute Gasteiger partial charge is 0.416 e. The third kappa shape index (κ3) is 3.62. The molecule has 1 aliphatic rings. The van der Waals surface area contributed by atoms with E-state index in [1.54, 1.807) is 24.4 Å². The Hall–Kier alpha value is -3.55. The first kappa shape index (κ1) is 17.8. The number of nitrogens with zero attached hydrogens (tertiary/aromatic N) is 3. The second kappa shape index (κ2) is 6.88. The SMILES string of the molecule is O=C1CC(c2cccc(-c3cccnn3)c2)=Nc2ccc(C(F)(F)F)cc2N1. The fourth-order valence-electron chi connectivity index (χ4n) is 2.92. The number of hydrogen-bond donors (Lipinski definition) is 1. The fourth-order valence-corrected chi connectivity index (χ4v) is 2.92. The van der Waals surface area contributed by atoms with Crippen LogP contribution in [0, 0.1) is 0 Å². The third-order valence-corrected chi connectivity index (χ3v) is 4.25. The molecule has 0 bridgehead atoms. The summed E-state index contributed by atoms with van der Waals surface area (Å²) < 4.78 is 38.8. The molecule has 28 heavy (non-hydrogen) atoms. The number of halogens is 3. The molecule has 1 aromatic heterocycles. The Kier molecular flexibility index (Phi) is 4.38. The van der Waals surface area contributed by atoms with Crippen LogP contribution in [0.4, 0.5) is 24.5 Å². The normalized spacial score (nSPS) is 14.0. The summed E-state index contributed by atoms with van der Waals surface area (Å²) in [6.45, 7) is 0. The molecule has 1 N–H and O–H groups in total. The van der Waals surface area contributed by atoms with Crippen molar-refractivity contribution in [1.29, 1.82) is 0 Å². The van der Waals surface area contributed by atoms with E-state index in [1.165, 1.54) is 6.07 Å². The molecule has 140 valence electrons. The summed E-state index contributed by atoms with van der Waals surface area (Å²) >= 11 is 0. The van der Waals surface area contributed by atoms with E-state index in [1.807, 2.05) is 18.2 Å². The summed E-state index contributed by atoms with van der Waals surface area (Å²) in [7, 11) is 0. The predicted molar refractivity (Wildman–Crippen MR) is 98.4 cm³/mol. The van der Waals surface area contributed by atoms with Crippen LogP contribution < -0.4 is 5.32 Å². The predicted octanol–water partition coefficient (Wildman–Crippen LogP) is 4.63. The molecule has 0 saturated heterocycles. The summed E-state index contributed by atoms with van der Waals surface area (Å²) in [4.78, 5) is 16.7. The summed E-state index contributed by atoms with van der Waals surface area (Å²) in [6.07, 6.45) is -2.98. The quantitative estimate of drug-likeness (QED) is 0.703. The second-order valence-corrected chi connectivity index (χ2v) is 6.20. The van der Waals surface area contributed by atoms with Crippen molar-refractivity contribution in [3.8, 4) is 11.3 Å². The van der Waals surface area contributed by atoms with Crippen molar-refractivity contribution in [2.45, 2.75) is 12.6 Å². The molecule has 0 aliphatic carbocycles. The van der Waals surface area contributed by atoms with E-state index in [-0.39, 0.29) is 17.8 Å². The number of fused-ring (bicyclic) bond motifs is 1. The Morgan fingerprint density at radius 3 is 2.54 bits per heavy atom. The number of anilines is 1. The number of rotatable bonds is 2. The van der Waals surface area contributed by atoms with Gasteiger partial charge in [-0.25, -0.2) is 0 Å². The van der Waals surface area contributed by atoms with E-state index in [4.69, 9.17) is 0 Å². The molecular weight excluding hydrogens is 369 g/mol. The van der Waals surface area contributed by atoms with Crippen molar-refractivity contribution in [2.24, 2.45) is 4.99 Å². The highest BCUT2D eigenvalue weighted by Crippen LogP contribution is 2.36. The van der Waals surface area contributed by atoms with Crippen LogP contribution in [0.1, 0.15) is 17.5 Å². The van der Waals surface area contributed by atoms with E-state index in [9.17, 15) is 18.0 Å². The number of aliphatic imine (C=N–C) groups is 1. The van der Waals surface area contributed by atoms with Gasteiger partial charge < -0.3 is 5.32 Å². The second-order valence-electron chi connectivity index (χ2n) is 6.20. The molecule has 0 saturated carbocycles. The number of carbonyl (C=O) groups excluding carboxylic acids is 1. The number of hydrogen-bond acceptors (Lipinski definition) is 4. The molecule has 1 amide bonds. The van der Waals surface area contributed by atoms with Crippen LogP contribution in [0.5, 0.6) is 0 Å². The van der Waals surface area contributed by atoms with Gasteiger partial charge in [-0.15, -0.1) is 0 Å². The molecule has 0 atom stereocenters. The summed E-state index contributed by atoms with van der Waals surface area (Å²) in [5, 5.41) is 10.4. The molecule has 1 aliphatic heterocycles. The van der Waals surface area contributed by atoms with E-state index < -0.39 is 17.6 Å². The Morgan fingerprint density at radius 1 is 0.964 bits per heavy atom. The number of alkyl halides is 3. The van der Waals surface area contributed by atoms with Gasteiger partial charge in [-0.2, -0.15) is 23.4 Å². The molecule has 0 fully saturated rings. The van der Waals surface area contributed by atoms with E-state index >= 15 is 0 Å². The molecule has 2 aromatic carbocycles. The lowest BCUT2D eigenvalue weighted by atomic mass is 10.0. The minimum Gasteiger partial charge on any atom is -0.324 e. The van der Waals surface area contributed by atoms with Crippen molar-refractivity contribution < 1.29 is 18.0 Å². The number of aromatic nitrogens is 2. The van der Waals surface area contributed by atoms with Crippen molar-refractivity contribution in [3.63, 3.8) is 0 Å². The van der Waals surface area contributed by atoms with Crippen molar-refractivity contribution in [3.05, 3.63) is 71.9 Å². The molecule has 5 nitrogen and oxygen atoms in total. The maximum Gasteiger partial charge on any atom is 0.416 e. The lowest BCUT2D eigenvalue weighted by Gasteiger charge is -2.10. The van der Waals surface area contributed by atoms with E-state index in [2.05, 4.69) is 20.5 Å². The first-order valence-electron chi connectivity index (χ1n) is 8.37. The van der Waals surface area contributed by atoms with Crippen LogP contribution in [-0.4, -0.2) is 21.8 Å². The molecule has 3 aromatic rings. The van der Waals surface area contributed by atoms with Gasteiger partial charge in [-0.3, -0.25) is 9.79 Å². The van der Waals surface area contributed by atoms with Gasteiger partial charge in [-0.1, -0.05) is 18.2 Å². The molecule has 4 rings (SSSR count). The van der Waals surface area contributed by atoms with Gasteiger partial charge in [0, 0.05) is 11.8 Å². The van der Waals surface area contributed by atoms with Gasteiger partial charge >= 0.3 is 6.18 Å². The van der Waals surface area contributed by atoms with E-state index in [0.717, 1.165) is 17.7 Å². The third-order valence-electron chi connectivity index (χ3n) is 4.25. The van der Waals surface area contributed by atoms with Crippen LogP contribution in [0.2, 0.25) is 0 Å². The summed E-state index contributed by atoms with van der Waals surface area (Å²) in [5.41, 5.74) is 2.09. The number of benzene rings is 2. The number of amides is 1. The zero-order chi connectivity index (χ0) is 19.7. The highest BCUT2D eigenvalue weighted by molar-refractivity contribution is 6.17. The minimum absolute atomic E-state index is 0.0416. The summed E-state index contributed by atoms with van der Waals surface area (Å²) in [6, 6.07) is 14.0. The first-order chi connectivity index (χ1) is 13.4. The van der Waals surface area contributed by atoms with Gasteiger partial charge in [0.15, 0.2) is 0 Å². The maximum absolute atomic E-state index is 12.9. The molecule has 2 heterocycles. The zero-order valence-corrected chi connectivity index (χ0v) is 14.4. The van der Waals surface area contributed by atoms with Gasteiger partial charge in [0.25, 0.3) is 0 Å². The average Bonchev–Trinajstić information content (AvgIpc) is 2.85. The Bertz CT molecular complexity index is 1080. The minimum atomic E-state index is -4.50. The van der Waals surface area contributed by atoms with Gasteiger partial charge in [-0.05, 0) is 42.0 Å². The zero-order valence-electron chi connectivity index (χ0n) is 14.4.